The van der Waals surface area contributed by atoms with Gasteiger partial charge in [0, 0.05) is 6.04 Å². The molecule has 0 amide bonds. The molecule has 2 nitrogen and oxygen atoms in total. The number of rotatable bonds is 2. The van der Waals surface area contributed by atoms with Gasteiger partial charge in [-0.05, 0) is 50.0 Å². The monoisotopic (exact) mass is 239 g/mol. The first-order valence-electron chi connectivity index (χ1n) is 7.50. The zero-order valence-corrected chi connectivity index (χ0v) is 11.7. The zero-order valence-electron chi connectivity index (χ0n) is 11.7. The Kier molecular flexibility index (Phi) is 4.14. The van der Waals surface area contributed by atoms with E-state index in [1.807, 2.05) is 0 Å². The summed E-state index contributed by atoms with van der Waals surface area (Å²) in [5.41, 5.74) is -0.452. The van der Waals surface area contributed by atoms with Crippen molar-refractivity contribution in [3.05, 3.63) is 0 Å². The summed E-state index contributed by atoms with van der Waals surface area (Å²) in [4.78, 5) is 0. The van der Waals surface area contributed by atoms with Gasteiger partial charge in [0.1, 0.15) is 0 Å². The van der Waals surface area contributed by atoms with Crippen LogP contribution in [-0.4, -0.2) is 23.3 Å². The van der Waals surface area contributed by atoms with Crippen molar-refractivity contribution >= 4 is 0 Å². The smallest absolute Gasteiger partial charge is 0.0832 e. The number of hydrogen-bond acceptors (Lipinski definition) is 2. The highest BCUT2D eigenvalue weighted by Gasteiger charge is 2.48. The SMILES string of the molecule is CC1CCC(C(C)C)C(O)(C2CCCCN2)C1. The van der Waals surface area contributed by atoms with Gasteiger partial charge in [-0.15, -0.1) is 0 Å². The third-order valence-corrected chi connectivity index (χ3v) is 5.01. The lowest BCUT2D eigenvalue weighted by molar-refractivity contribution is -0.110. The highest BCUT2D eigenvalue weighted by molar-refractivity contribution is 5.02. The molecule has 1 aliphatic heterocycles. The van der Waals surface area contributed by atoms with E-state index in [0.717, 1.165) is 19.4 Å². The summed E-state index contributed by atoms with van der Waals surface area (Å²) in [6.07, 6.45) is 7.19. The maximum absolute atomic E-state index is 11.2. The van der Waals surface area contributed by atoms with Crippen molar-refractivity contribution in [2.24, 2.45) is 17.8 Å². The van der Waals surface area contributed by atoms with Crippen LogP contribution in [-0.2, 0) is 0 Å². The van der Waals surface area contributed by atoms with Gasteiger partial charge in [0.25, 0.3) is 0 Å². The van der Waals surface area contributed by atoms with Crippen molar-refractivity contribution in [3.8, 4) is 0 Å². The Morgan fingerprint density at radius 1 is 1.18 bits per heavy atom. The van der Waals surface area contributed by atoms with E-state index in [9.17, 15) is 5.11 Å². The molecular weight excluding hydrogens is 210 g/mol. The normalized spacial score (nSPS) is 43.9. The van der Waals surface area contributed by atoms with Crippen LogP contribution >= 0.6 is 0 Å². The van der Waals surface area contributed by atoms with Crippen molar-refractivity contribution in [1.82, 2.24) is 5.32 Å². The lowest BCUT2D eigenvalue weighted by Crippen LogP contribution is -2.60. The van der Waals surface area contributed by atoms with Crippen LogP contribution in [0.25, 0.3) is 0 Å². The lowest BCUT2D eigenvalue weighted by atomic mass is 9.63. The fourth-order valence-corrected chi connectivity index (χ4v) is 4.12. The molecule has 4 atom stereocenters. The predicted molar refractivity (Wildman–Crippen MR) is 71.9 cm³/mol. The fraction of sp³-hybridized carbons (Fsp3) is 1.00. The molecule has 2 rings (SSSR count). The molecule has 100 valence electrons. The molecule has 2 fully saturated rings. The third-order valence-electron chi connectivity index (χ3n) is 5.01. The van der Waals surface area contributed by atoms with Crippen molar-refractivity contribution < 1.29 is 5.11 Å². The molecular formula is C15H29NO. The summed E-state index contributed by atoms with van der Waals surface area (Å²) in [6.45, 7) is 7.93. The highest BCUT2D eigenvalue weighted by atomic mass is 16.3. The van der Waals surface area contributed by atoms with E-state index in [-0.39, 0.29) is 0 Å². The van der Waals surface area contributed by atoms with Crippen LogP contribution in [0, 0.1) is 17.8 Å². The lowest BCUT2D eigenvalue weighted by Gasteiger charge is -2.50. The Hall–Kier alpha value is -0.0800. The van der Waals surface area contributed by atoms with Crippen LogP contribution in [0.5, 0.6) is 0 Å². The summed E-state index contributed by atoms with van der Waals surface area (Å²) in [5, 5.41) is 14.8. The van der Waals surface area contributed by atoms with Gasteiger partial charge in [0.05, 0.1) is 5.60 Å². The van der Waals surface area contributed by atoms with Crippen LogP contribution in [0.3, 0.4) is 0 Å². The minimum absolute atomic E-state index is 0.339. The van der Waals surface area contributed by atoms with Crippen LogP contribution in [0.4, 0.5) is 0 Å². The number of nitrogens with one attached hydrogen (secondary N) is 1. The van der Waals surface area contributed by atoms with Gasteiger partial charge in [0.15, 0.2) is 0 Å². The van der Waals surface area contributed by atoms with E-state index >= 15 is 0 Å². The first-order chi connectivity index (χ1) is 8.04. The molecule has 0 aromatic heterocycles. The van der Waals surface area contributed by atoms with Gasteiger partial charge in [0.2, 0.25) is 0 Å². The van der Waals surface area contributed by atoms with Gasteiger partial charge in [-0.3, -0.25) is 0 Å². The summed E-state index contributed by atoms with van der Waals surface area (Å²) < 4.78 is 0. The summed E-state index contributed by atoms with van der Waals surface area (Å²) >= 11 is 0. The molecule has 2 N–H and O–H groups in total. The van der Waals surface area contributed by atoms with Gasteiger partial charge in [-0.25, -0.2) is 0 Å². The molecule has 0 bridgehead atoms. The van der Waals surface area contributed by atoms with Crippen molar-refractivity contribution in [3.63, 3.8) is 0 Å². The number of hydrogen-bond donors (Lipinski definition) is 2. The second kappa shape index (κ2) is 5.27. The largest absolute Gasteiger partial charge is 0.388 e. The van der Waals surface area contributed by atoms with Crippen LogP contribution in [0.15, 0.2) is 0 Å². The first kappa shape index (κ1) is 13.4. The Balaban J connectivity index is 2.15. The zero-order chi connectivity index (χ0) is 12.5. The number of aliphatic hydroxyl groups is 1. The van der Waals surface area contributed by atoms with E-state index in [1.165, 1.54) is 25.7 Å². The fourth-order valence-electron chi connectivity index (χ4n) is 4.12. The minimum atomic E-state index is -0.452. The Labute approximate surface area is 106 Å². The summed E-state index contributed by atoms with van der Waals surface area (Å²) in [6, 6.07) is 0.339. The Morgan fingerprint density at radius 3 is 2.53 bits per heavy atom. The van der Waals surface area contributed by atoms with E-state index < -0.39 is 5.60 Å². The van der Waals surface area contributed by atoms with Crippen molar-refractivity contribution in [2.45, 2.75) is 70.9 Å². The van der Waals surface area contributed by atoms with Crippen LogP contribution in [0.1, 0.15) is 59.3 Å². The second-order valence-corrected chi connectivity index (χ2v) is 6.73. The van der Waals surface area contributed by atoms with Crippen LogP contribution < -0.4 is 5.32 Å². The Bertz CT molecular complexity index is 247. The van der Waals surface area contributed by atoms with Gasteiger partial charge in [-0.2, -0.15) is 0 Å². The molecule has 0 aromatic rings. The minimum Gasteiger partial charge on any atom is -0.388 e. The van der Waals surface area contributed by atoms with Gasteiger partial charge in [-0.1, -0.05) is 33.6 Å². The molecule has 1 saturated heterocycles. The predicted octanol–water partition coefficient (Wildman–Crippen LogP) is 2.95. The second-order valence-electron chi connectivity index (χ2n) is 6.73. The molecule has 17 heavy (non-hydrogen) atoms. The van der Waals surface area contributed by atoms with E-state index in [4.69, 9.17) is 0 Å². The van der Waals surface area contributed by atoms with Gasteiger partial charge >= 0.3 is 0 Å². The molecule has 1 saturated carbocycles. The summed E-state index contributed by atoms with van der Waals surface area (Å²) in [5.74, 6) is 1.75. The third kappa shape index (κ3) is 2.68. The van der Waals surface area contributed by atoms with Crippen LogP contribution in [0.2, 0.25) is 0 Å². The molecule has 0 aromatic carbocycles. The Morgan fingerprint density at radius 2 is 1.94 bits per heavy atom. The summed E-state index contributed by atoms with van der Waals surface area (Å²) in [7, 11) is 0. The molecule has 0 radical (unpaired) electrons. The van der Waals surface area contributed by atoms with E-state index in [2.05, 4.69) is 26.1 Å². The average molecular weight is 239 g/mol. The molecule has 2 heteroatoms. The quantitative estimate of drug-likeness (QED) is 0.776. The van der Waals surface area contributed by atoms with Gasteiger partial charge < -0.3 is 10.4 Å². The maximum atomic E-state index is 11.2. The van der Waals surface area contributed by atoms with Crippen molar-refractivity contribution in [1.29, 1.82) is 0 Å². The molecule has 0 spiro atoms. The highest BCUT2D eigenvalue weighted by Crippen LogP contribution is 2.44. The molecule has 1 heterocycles. The average Bonchev–Trinajstić information content (AvgIpc) is 2.29. The topological polar surface area (TPSA) is 32.3 Å². The van der Waals surface area contributed by atoms with Crippen molar-refractivity contribution in [2.75, 3.05) is 6.54 Å². The molecule has 4 unspecified atom stereocenters. The molecule has 2 aliphatic rings. The number of piperidine rings is 1. The maximum Gasteiger partial charge on any atom is 0.0832 e. The van der Waals surface area contributed by atoms with E-state index in [0.29, 0.717) is 23.8 Å². The molecule has 1 aliphatic carbocycles. The standard InChI is InChI=1S/C15H29NO/c1-11(2)13-8-7-12(3)10-15(13,17)14-6-4-5-9-16-14/h11-14,16-17H,4-10H2,1-3H3. The first-order valence-corrected chi connectivity index (χ1v) is 7.50. The van der Waals surface area contributed by atoms with E-state index in [1.54, 1.807) is 0 Å².